The summed E-state index contributed by atoms with van der Waals surface area (Å²) >= 11 is 4.96. The maximum atomic E-state index is 11.6. The number of thiophene rings is 1. The molecule has 17 heavy (non-hydrogen) atoms. The summed E-state index contributed by atoms with van der Waals surface area (Å²) in [5, 5.41) is 4.79. The van der Waals surface area contributed by atoms with E-state index in [1.807, 2.05) is 11.4 Å². The van der Waals surface area contributed by atoms with Crippen LogP contribution in [0.5, 0.6) is 0 Å². The quantitative estimate of drug-likeness (QED) is 0.920. The molecule has 0 saturated carbocycles. The number of hydrogen-bond donors (Lipinski definition) is 1. The highest BCUT2D eigenvalue weighted by molar-refractivity contribution is 9.10. The topological polar surface area (TPSA) is 49.4 Å². The average molecular weight is 317 g/mol. The fourth-order valence-electron chi connectivity index (χ4n) is 1.73. The summed E-state index contributed by atoms with van der Waals surface area (Å²) in [6.45, 7) is 1.42. The Balaban J connectivity index is 1.76. The zero-order valence-corrected chi connectivity index (χ0v) is 11.6. The van der Waals surface area contributed by atoms with Crippen molar-refractivity contribution in [3.05, 3.63) is 20.8 Å². The van der Waals surface area contributed by atoms with Crippen molar-refractivity contribution in [2.24, 2.45) is 0 Å². The molecule has 1 saturated heterocycles. The summed E-state index contributed by atoms with van der Waals surface area (Å²) in [5.41, 5.74) is 0. The van der Waals surface area contributed by atoms with Gasteiger partial charge in [0.2, 0.25) is 11.8 Å². The van der Waals surface area contributed by atoms with Crippen LogP contribution in [0.25, 0.3) is 0 Å². The first-order chi connectivity index (χ1) is 8.15. The monoisotopic (exact) mass is 316 g/mol. The molecule has 2 amide bonds. The summed E-state index contributed by atoms with van der Waals surface area (Å²) in [6, 6.07) is 1.98. The molecule has 92 valence electrons. The third kappa shape index (κ3) is 3.54. The Bertz CT molecular complexity index is 433. The lowest BCUT2D eigenvalue weighted by atomic mass is 10.4. The van der Waals surface area contributed by atoms with Crippen LogP contribution in [-0.2, 0) is 16.1 Å². The Morgan fingerprint density at radius 1 is 1.59 bits per heavy atom. The third-order valence-corrected chi connectivity index (χ3v) is 4.29. The highest BCUT2D eigenvalue weighted by Gasteiger charge is 2.21. The standard InChI is InChI=1S/C11H13BrN2O2S/c12-8-4-9(17-7-8)5-13-10(15)6-14-3-1-2-11(14)16/h4,7H,1-3,5-6H2,(H,13,15). The van der Waals surface area contributed by atoms with E-state index < -0.39 is 0 Å². The normalized spacial score (nSPS) is 15.4. The van der Waals surface area contributed by atoms with E-state index in [0.717, 1.165) is 15.8 Å². The largest absolute Gasteiger partial charge is 0.350 e. The van der Waals surface area contributed by atoms with Gasteiger partial charge in [-0.15, -0.1) is 11.3 Å². The van der Waals surface area contributed by atoms with Gasteiger partial charge in [-0.1, -0.05) is 0 Å². The van der Waals surface area contributed by atoms with Crippen LogP contribution in [0.15, 0.2) is 15.9 Å². The van der Waals surface area contributed by atoms with Crippen molar-refractivity contribution in [1.82, 2.24) is 10.2 Å². The molecule has 0 atom stereocenters. The van der Waals surface area contributed by atoms with Crippen molar-refractivity contribution in [2.45, 2.75) is 19.4 Å². The van der Waals surface area contributed by atoms with Gasteiger partial charge in [-0.25, -0.2) is 0 Å². The molecule has 1 N–H and O–H groups in total. The highest BCUT2D eigenvalue weighted by Crippen LogP contribution is 2.19. The van der Waals surface area contributed by atoms with Crippen molar-refractivity contribution in [2.75, 3.05) is 13.1 Å². The van der Waals surface area contributed by atoms with Gasteiger partial charge >= 0.3 is 0 Å². The molecule has 0 bridgehead atoms. The first-order valence-corrected chi connectivity index (χ1v) is 7.10. The molecular weight excluding hydrogens is 304 g/mol. The fourth-order valence-corrected chi connectivity index (χ4v) is 3.12. The minimum atomic E-state index is -0.0928. The van der Waals surface area contributed by atoms with Crippen molar-refractivity contribution in [3.63, 3.8) is 0 Å². The maximum absolute atomic E-state index is 11.6. The average Bonchev–Trinajstić information content (AvgIpc) is 2.86. The molecule has 1 aliphatic rings. The zero-order chi connectivity index (χ0) is 12.3. The van der Waals surface area contributed by atoms with E-state index in [9.17, 15) is 9.59 Å². The first kappa shape index (κ1) is 12.6. The summed E-state index contributed by atoms with van der Waals surface area (Å²) in [5.74, 6) is -0.0104. The molecule has 0 unspecified atom stereocenters. The van der Waals surface area contributed by atoms with Gasteiger partial charge in [-0.2, -0.15) is 0 Å². The van der Waals surface area contributed by atoms with Crippen LogP contribution in [0, 0.1) is 0 Å². The molecule has 4 nitrogen and oxygen atoms in total. The Labute approximate surface area is 112 Å². The minimum absolute atomic E-state index is 0.0824. The summed E-state index contributed by atoms with van der Waals surface area (Å²) in [7, 11) is 0. The molecule has 2 heterocycles. The number of hydrogen-bond acceptors (Lipinski definition) is 3. The van der Waals surface area contributed by atoms with Crippen LogP contribution in [-0.4, -0.2) is 29.8 Å². The Morgan fingerprint density at radius 2 is 2.41 bits per heavy atom. The van der Waals surface area contributed by atoms with E-state index in [2.05, 4.69) is 21.2 Å². The number of nitrogens with zero attached hydrogens (tertiary/aromatic N) is 1. The maximum Gasteiger partial charge on any atom is 0.239 e. The summed E-state index contributed by atoms with van der Waals surface area (Å²) in [6.07, 6.45) is 1.44. The smallest absolute Gasteiger partial charge is 0.239 e. The van der Waals surface area contributed by atoms with E-state index in [0.29, 0.717) is 19.5 Å². The van der Waals surface area contributed by atoms with Crippen LogP contribution in [0.2, 0.25) is 0 Å². The van der Waals surface area contributed by atoms with Gasteiger partial charge < -0.3 is 10.2 Å². The molecule has 0 spiro atoms. The molecule has 0 aromatic carbocycles. The van der Waals surface area contributed by atoms with Gasteiger partial charge in [0.05, 0.1) is 13.1 Å². The van der Waals surface area contributed by atoms with E-state index in [4.69, 9.17) is 0 Å². The second-order valence-electron chi connectivity index (χ2n) is 3.93. The highest BCUT2D eigenvalue weighted by atomic mass is 79.9. The predicted molar refractivity (Wildman–Crippen MR) is 69.7 cm³/mol. The van der Waals surface area contributed by atoms with Crippen LogP contribution >= 0.6 is 27.3 Å². The van der Waals surface area contributed by atoms with Gasteiger partial charge in [0.25, 0.3) is 0 Å². The number of halogens is 1. The molecular formula is C11H13BrN2O2S. The Hall–Kier alpha value is -0.880. The van der Waals surface area contributed by atoms with E-state index in [1.165, 1.54) is 0 Å². The molecule has 1 fully saturated rings. The fraction of sp³-hybridized carbons (Fsp3) is 0.455. The SMILES string of the molecule is O=C(CN1CCCC1=O)NCc1cc(Br)cs1. The molecule has 1 aromatic heterocycles. The lowest BCUT2D eigenvalue weighted by Gasteiger charge is -2.14. The predicted octanol–water partition coefficient (Wildman–Crippen LogP) is 1.75. The van der Waals surface area contributed by atoms with Crippen LogP contribution in [0.4, 0.5) is 0 Å². The van der Waals surface area contributed by atoms with Crippen molar-refractivity contribution in [1.29, 1.82) is 0 Å². The number of carbonyl (C=O) groups is 2. The van der Waals surface area contributed by atoms with Gasteiger partial charge in [0, 0.05) is 27.7 Å². The van der Waals surface area contributed by atoms with Crippen molar-refractivity contribution in [3.8, 4) is 0 Å². The molecule has 6 heteroatoms. The van der Waals surface area contributed by atoms with Crippen molar-refractivity contribution < 1.29 is 9.59 Å². The van der Waals surface area contributed by atoms with Crippen LogP contribution < -0.4 is 5.32 Å². The molecule has 0 aliphatic carbocycles. The van der Waals surface area contributed by atoms with E-state index in [-0.39, 0.29) is 18.4 Å². The molecule has 1 aromatic rings. The zero-order valence-electron chi connectivity index (χ0n) is 9.24. The lowest BCUT2D eigenvalue weighted by molar-refractivity contribution is -0.133. The van der Waals surface area contributed by atoms with E-state index in [1.54, 1.807) is 16.2 Å². The van der Waals surface area contributed by atoms with Crippen LogP contribution in [0.3, 0.4) is 0 Å². The number of amides is 2. The minimum Gasteiger partial charge on any atom is -0.350 e. The number of nitrogens with one attached hydrogen (secondary N) is 1. The molecule has 0 radical (unpaired) electrons. The Morgan fingerprint density at radius 3 is 3.00 bits per heavy atom. The summed E-state index contributed by atoms with van der Waals surface area (Å²) < 4.78 is 1.03. The summed E-state index contributed by atoms with van der Waals surface area (Å²) in [4.78, 5) is 25.6. The number of likely N-dealkylation sites (tertiary alicyclic amines) is 1. The molecule has 2 rings (SSSR count). The van der Waals surface area contributed by atoms with Gasteiger partial charge in [-0.3, -0.25) is 9.59 Å². The third-order valence-electron chi connectivity index (χ3n) is 2.59. The van der Waals surface area contributed by atoms with Gasteiger partial charge in [0.15, 0.2) is 0 Å². The molecule has 1 aliphatic heterocycles. The Kier molecular flexibility index (Phi) is 4.17. The second kappa shape index (κ2) is 5.64. The first-order valence-electron chi connectivity index (χ1n) is 5.42. The van der Waals surface area contributed by atoms with E-state index >= 15 is 0 Å². The number of rotatable bonds is 4. The van der Waals surface area contributed by atoms with Gasteiger partial charge in [0.1, 0.15) is 0 Å². The lowest BCUT2D eigenvalue weighted by Crippen LogP contribution is -2.37. The number of carbonyl (C=O) groups excluding carboxylic acids is 2. The second-order valence-corrected chi connectivity index (χ2v) is 5.84. The van der Waals surface area contributed by atoms with Crippen molar-refractivity contribution >= 4 is 39.1 Å². The van der Waals surface area contributed by atoms with Crippen LogP contribution in [0.1, 0.15) is 17.7 Å². The van der Waals surface area contributed by atoms with Gasteiger partial charge in [-0.05, 0) is 28.4 Å².